The van der Waals surface area contributed by atoms with Gasteiger partial charge in [-0.1, -0.05) is 0 Å². The van der Waals surface area contributed by atoms with E-state index >= 15 is 0 Å². The van der Waals surface area contributed by atoms with Gasteiger partial charge in [0.25, 0.3) is 0 Å². The van der Waals surface area contributed by atoms with E-state index in [9.17, 15) is 14.9 Å². The van der Waals surface area contributed by atoms with Gasteiger partial charge in [0.15, 0.2) is 0 Å². The Morgan fingerprint density at radius 2 is 2.05 bits per heavy atom. The molecule has 6 heteroatoms. The van der Waals surface area contributed by atoms with E-state index in [4.69, 9.17) is 4.74 Å². The van der Waals surface area contributed by atoms with Crippen molar-refractivity contribution in [2.45, 2.75) is 32.2 Å². The lowest BCUT2D eigenvalue weighted by Gasteiger charge is -2.45. The van der Waals surface area contributed by atoms with E-state index in [2.05, 4.69) is 11.4 Å². The number of nitrogens with zero attached hydrogens (tertiary/aromatic N) is 2. The van der Waals surface area contributed by atoms with E-state index in [-0.39, 0.29) is 11.8 Å². The van der Waals surface area contributed by atoms with Gasteiger partial charge >= 0.3 is 0 Å². The zero-order valence-corrected chi connectivity index (χ0v) is 11.4. The summed E-state index contributed by atoms with van der Waals surface area (Å²) < 4.78 is 5.24. The summed E-state index contributed by atoms with van der Waals surface area (Å²) in [6.07, 6.45) is 0.799. The van der Waals surface area contributed by atoms with Crippen LogP contribution in [0.2, 0.25) is 0 Å². The molecule has 0 aliphatic carbocycles. The predicted octanol–water partition coefficient (Wildman–Crippen LogP) is 0.0438. The molecule has 0 bridgehead atoms. The Labute approximate surface area is 112 Å². The topological polar surface area (TPSA) is 82.4 Å². The molecule has 0 unspecified atom stereocenters. The third-order valence-electron chi connectivity index (χ3n) is 4.07. The van der Waals surface area contributed by atoms with Crippen molar-refractivity contribution in [1.82, 2.24) is 10.2 Å². The lowest BCUT2D eigenvalue weighted by atomic mass is 9.79. The van der Waals surface area contributed by atoms with Crippen LogP contribution in [0.1, 0.15) is 26.7 Å². The van der Waals surface area contributed by atoms with Gasteiger partial charge in [-0.15, -0.1) is 0 Å². The summed E-state index contributed by atoms with van der Waals surface area (Å²) in [6.45, 7) is 5.14. The van der Waals surface area contributed by atoms with Crippen molar-refractivity contribution in [2.24, 2.45) is 5.41 Å². The van der Waals surface area contributed by atoms with E-state index in [0.29, 0.717) is 39.1 Å². The van der Waals surface area contributed by atoms with E-state index in [0.717, 1.165) is 0 Å². The Hall–Kier alpha value is -1.61. The van der Waals surface area contributed by atoms with Crippen LogP contribution < -0.4 is 5.32 Å². The minimum atomic E-state index is -1.03. The molecule has 0 spiro atoms. The minimum absolute atomic E-state index is 0.174. The highest BCUT2D eigenvalue weighted by Crippen LogP contribution is 2.34. The van der Waals surface area contributed by atoms with Gasteiger partial charge in [-0.05, 0) is 26.7 Å². The molecule has 2 rings (SSSR count). The average Bonchev–Trinajstić information content (AvgIpc) is 2.42. The number of hydrogen-bond donors (Lipinski definition) is 1. The van der Waals surface area contributed by atoms with Gasteiger partial charge in [0.05, 0.1) is 6.07 Å². The van der Waals surface area contributed by atoms with Crippen molar-refractivity contribution in [2.75, 3.05) is 26.3 Å². The number of amides is 2. The van der Waals surface area contributed by atoms with Crippen LogP contribution in [0.5, 0.6) is 0 Å². The van der Waals surface area contributed by atoms with Crippen molar-refractivity contribution >= 4 is 11.8 Å². The molecule has 2 aliphatic rings. The van der Waals surface area contributed by atoms with Crippen LogP contribution in [0.25, 0.3) is 0 Å². The number of rotatable bonds is 1. The molecule has 2 amide bonds. The summed E-state index contributed by atoms with van der Waals surface area (Å²) in [5.74, 6) is -0.412. The first-order chi connectivity index (χ1) is 8.94. The number of carbonyl (C=O) groups excluding carboxylic acids is 2. The molecule has 2 heterocycles. The zero-order chi connectivity index (χ0) is 14.1. The van der Waals surface area contributed by atoms with Crippen molar-refractivity contribution < 1.29 is 14.3 Å². The van der Waals surface area contributed by atoms with Crippen molar-refractivity contribution in [1.29, 1.82) is 5.26 Å². The third kappa shape index (κ3) is 2.19. The van der Waals surface area contributed by atoms with Crippen LogP contribution in [0.4, 0.5) is 0 Å². The quantitative estimate of drug-likeness (QED) is 0.726. The van der Waals surface area contributed by atoms with Crippen molar-refractivity contribution in [3.05, 3.63) is 0 Å². The maximum absolute atomic E-state index is 12.7. The molecule has 0 aromatic carbocycles. The summed E-state index contributed by atoms with van der Waals surface area (Å²) >= 11 is 0. The average molecular weight is 265 g/mol. The summed E-state index contributed by atoms with van der Waals surface area (Å²) in [5.41, 5.74) is -1.94. The van der Waals surface area contributed by atoms with Gasteiger partial charge in [0.1, 0.15) is 11.0 Å². The van der Waals surface area contributed by atoms with Crippen LogP contribution >= 0.6 is 0 Å². The highest BCUT2D eigenvalue weighted by molar-refractivity contribution is 5.94. The Balaban J connectivity index is 2.27. The second-order valence-electron chi connectivity index (χ2n) is 5.58. The fourth-order valence-corrected chi connectivity index (χ4v) is 2.61. The van der Waals surface area contributed by atoms with E-state index in [1.807, 2.05) is 0 Å². The molecule has 0 aromatic rings. The molecule has 0 radical (unpaired) electrons. The Kier molecular flexibility index (Phi) is 3.50. The molecule has 0 saturated carbocycles. The number of nitriles is 1. The lowest BCUT2D eigenvalue weighted by Crippen LogP contribution is -2.66. The second kappa shape index (κ2) is 4.82. The Morgan fingerprint density at radius 3 is 2.63 bits per heavy atom. The standard InChI is InChI=1S/C13H19N3O3/c1-12(2)10(17)15-5-6-16(12)11(18)13(9-14)3-7-19-8-4-13/h3-8H2,1-2H3,(H,15,17). The van der Waals surface area contributed by atoms with Gasteiger partial charge in [-0.3, -0.25) is 9.59 Å². The fourth-order valence-electron chi connectivity index (χ4n) is 2.61. The smallest absolute Gasteiger partial charge is 0.245 e. The molecule has 2 saturated heterocycles. The van der Waals surface area contributed by atoms with Crippen LogP contribution in [0, 0.1) is 16.7 Å². The molecular formula is C13H19N3O3. The molecule has 2 aliphatic heterocycles. The van der Waals surface area contributed by atoms with Gasteiger partial charge in [0, 0.05) is 26.3 Å². The summed E-state index contributed by atoms with van der Waals surface area (Å²) in [6, 6.07) is 2.16. The van der Waals surface area contributed by atoms with Gasteiger partial charge in [-0.25, -0.2) is 0 Å². The van der Waals surface area contributed by atoms with Gasteiger partial charge in [0.2, 0.25) is 11.8 Å². The van der Waals surface area contributed by atoms with Crippen LogP contribution in [0.15, 0.2) is 0 Å². The van der Waals surface area contributed by atoms with Gasteiger partial charge in [-0.2, -0.15) is 5.26 Å². The first-order valence-electron chi connectivity index (χ1n) is 6.53. The normalized spacial score (nSPS) is 25.3. The third-order valence-corrected chi connectivity index (χ3v) is 4.07. The number of hydrogen-bond acceptors (Lipinski definition) is 4. The second-order valence-corrected chi connectivity index (χ2v) is 5.58. The zero-order valence-electron chi connectivity index (χ0n) is 11.4. The molecule has 0 aromatic heterocycles. The highest BCUT2D eigenvalue weighted by atomic mass is 16.5. The van der Waals surface area contributed by atoms with E-state index in [1.165, 1.54) is 0 Å². The first-order valence-corrected chi connectivity index (χ1v) is 6.53. The molecule has 19 heavy (non-hydrogen) atoms. The van der Waals surface area contributed by atoms with Crippen LogP contribution in [-0.4, -0.2) is 48.6 Å². The Bertz CT molecular complexity index is 433. The molecule has 1 N–H and O–H groups in total. The summed E-state index contributed by atoms with van der Waals surface area (Å²) in [7, 11) is 0. The number of ether oxygens (including phenoxy) is 1. The van der Waals surface area contributed by atoms with Gasteiger partial charge < -0.3 is 15.0 Å². The Morgan fingerprint density at radius 1 is 1.42 bits per heavy atom. The van der Waals surface area contributed by atoms with Crippen LogP contribution in [-0.2, 0) is 14.3 Å². The summed E-state index contributed by atoms with van der Waals surface area (Å²) in [5, 5.41) is 12.2. The SMILES string of the molecule is CC1(C)C(=O)NCCN1C(=O)C1(C#N)CCOCC1. The maximum atomic E-state index is 12.7. The fraction of sp³-hybridized carbons (Fsp3) is 0.769. The van der Waals surface area contributed by atoms with Crippen molar-refractivity contribution in [3.8, 4) is 6.07 Å². The number of nitrogens with one attached hydrogen (secondary N) is 1. The summed E-state index contributed by atoms with van der Waals surface area (Å²) in [4.78, 5) is 26.2. The van der Waals surface area contributed by atoms with Crippen LogP contribution in [0.3, 0.4) is 0 Å². The molecule has 104 valence electrons. The molecule has 6 nitrogen and oxygen atoms in total. The monoisotopic (exact) mass is 265 g/mol. The maximum Gasteiger partial charge on any atom is 0.245 e. The largest absolute Gasteiger partial charge is 0.381 e. The number of carbonyl (C=O) groups is 2. The van der Waals surface area contributed by atoms with E-state index < -0.39 is 11.0 Å². The van der Waals surface area contributed by atoms with Crippen molar-refractivity contribution in [3.63, 3.8) is 0 Å². The predicted molar refractivity (Wildman–Crippen MR) is 66.9 cm³/mol. The molecule has 0 atom stereocenters. The van der Waals surface area contributed by atoms with E-state index in [1.54, 1.807) is 18.7 Å². The molecule has 2 fully saturated rings. The first kappa shape index (κ1) is 13.8. The minimum Gasteiger partial charge on any atom is -0.381 e. The molecular weight excluding hydrogens is 246 g/mol. The number of piperazine rings is 1. The lowest BCUT2D eigenvalue weighted by molar-refractivity contribution is -0.157. The highest BCUT2D eigenvalue weighted by Gasteiger charge is 2.49.